The molecule has 1 aromatic rings. The van der Waals surface area contributed by atoms with E-state index in [-0.39, 0.29) is 5.91 Å². The summed E-state index contributed by atoms with van der Waals surface area (Å²) in [6.45, 7) is 5.41. The normalized spacial score (nSPS) is 11.4. The van der Waals surface area contributed by atoms with E-state index in [1.807, 2.05) is 0 Å². The molecule has 0 bridgehead atoms. The van der Waals surface area contributed by atoms with Crippen LogP contribution in [-0.2, 0) is 9.53 Å². The van der Waals surface area contributed by atoms with Gasteiger partial charge >= 0.3 is 5.97 Å². The molecule has 0 radical (unpaired) electrons. The van der Waals surface area contributed by atoms with Gasteiger partial charge in [0.05, 0.1) is 11.3 Å². The van der Waals surface area contributed by atoms with Crippen molar-refractivity contribution in [2.24, 2.45) is 0 Å². The van der Waals surface area contributed by atoms with Crippen molar-refractivity contribution in [1.82, 2.24) is 10.3 Å². The average molecular weight is 262 g/mol. The van der Waals surface area contributed by atoms with E-state index in [0.717, 1.165) is 0 Å². The van der Waals surface area contributed by atoms with Gasteiger partial charge in [-0.05, 0) is 39.0 Å². The molecule has 0 fully saturated rings. The Bertz CT molecular complexity index is 502. The summed E-state index contributed by atoms with van der Waals surface area (Å²) in [6.07, 6.45) is 4.39. The number of esters is 1. The summed E-state index contributed by atoms with van der Waals surface area (Å²) in [4.78, 5) is 27.0. The van der Waals surface area contributed by atoms with E-state index in [9.17, 15) is 9.59 Å². The highest BCUT2D eigenvalue weighted by Crippen LogP contribution is 2.12. The van der Waals surface area contributed by atoms with Crippen LogP contribution in [0, 0.1) is 0 Å². The molecule has 1 amide bonds. The summed E-state index contributed by atoms with van der Waals surface area (Å²) in [6, 6.07) is 3.15. The lowest BCUT2D eigenvalue weighted by molar-refractivity contribution is -0.115. The van der Waals surface area contributed by atoms with Gasteiger partial charge in [0.2, 0.25) is 5.91 Å². The quantitative estimate of drug-likeness (QED) is 0.666. The molecular weight excluding hydrogens is 244 g/mol. The number of nitrogens with zero attached hydrogens (tertiary/aromatic N) is 1. The summed E-state index contributed by atoms with van der Waals surface area (Å²) in [5, 5.41) is 2.46. The molecule has 0 atom stereocenters. The summed E-state index contributed by atoms with van der Waals surface area (Å²) < 4.78 is 5.26. The molecule has 1 aromatic heterocycles. The van der Waals surface area contributed by atoms with Gasteiger partial charge in [-0.25, -0.2) is 4.79 Å². The Morgan fingerprint density at radius 2 is 2.05 bits per heavy atom. The van der Waals surface area contributed by atoms with Crippen molar-refractivity contribution in [3.63, 3.8) is 0 Å². The molecular formula is C14H18N2O3. The summed E-state index contributed by atoms with van der Waals surface area (Å²) in [5.74, 6) is -0.644. The Balaban J connectivity index is 2.85. The first-order valence-corrected chi connectivity index (χ1v) is 5.91. The molecule has 1 heterocycles. The number of hydrogen-bond acceptors (Lipinski definition) is 4. The van der Waals surface area contributed by atoms with Crippen LogP contribution in [0.4, 0.5) is 0 Å². The lowest BCUT2D eigenvalue weighted by Crippen LogP contribution is -2.23. The molecule has 0 aliphatic carbocycles. The molecule has 102 valence electrons. The van der Waals surface area contributed by atoms with Crippen LogP contribution in [-0.4, -0.2) is 29.5 Å². The van der Waals surface area contributed by atoms with Gasteiger partial charge < -0.3 is 10.1 Å². The maximum atomic E-state index is 11.9. The van der Waals surface area contributed by atoms with Gasteiger partial charge in [-0.15, -0.1) is 0 Å². The number of ether oxygens (including phenoxy) is 1. The van der Waals surface area contributed by atoms with Crippen molar-refractivity contribution in [3.8, 4) is 0 Å². The maximum absolute atomic E-state index is 11.9. The van der Waals surface area contributed by atoms with E-state index < -0.39 is 11.6 Å². The minimum absolute atomic E-state index is 0.232. The SMILES string of the molecule is CNC(=O)C=Cc1cc(C(=O)OC(C)(C)C)ccn1. The van der Waals surface area contributed by atoms with Crippen LogP contribution in [0.3, 0.4) is 0 Å². The highest BCUT2D eigenvalue weighted by atomic mass is 16.6. The first-order valence-electron chi connectivity index (χ1n) is 5.91. The van der Waals surface area contributed by atoms with E-state index in [1.54, 1.807) is 32.9 Å². The molecule has 19 heavy (non-hydrogen) atoms. The molecule has 1 rings (SSSR count). The smallest absolute Gasteiger partial charge is 0.338 e. The van der Waals surface area contributed by atoms with Crippen LogP contribution in [0.5, 0.6) is 0 Å². The number of rotatable bonds is 3. The van der Waals surface area contributed by atoms with Crippen LogP contribution < -0.4 is 5.32 Å². The van der Waals surface area contributed by atoms with Crippen molar-refractivity contribution in [2.45, 2.75) is 26.4 Å². The number of aromatic nitrogens is 1. The third-order valence-electron chi connectivity index (χ3n) is 2.07. The first kappa shape index (κ1) is 14.9. The van der Waals surface area contributed by atoms with Crippen LogP contribution in [0.15, 0.2) is 24.4 Å². The Morgan fingerprint density at radius 3 is 2.63 bits per heavy atom. The zero-order valence-corrected chi connectivity index (χ0v) is 11.6. The molecule has 5 nitrogen and oxygen atoms in total. The molecule has 5 heteroatoms. The highest BCUT2D eigenvalue weighted by molar-refractivity contribution is 5.92. The minimum atomic E-state index is -0.543. The van der Waals surface area contributed by atoms with Crippen LogP contribution in [0.1, 0.15) is 36.8 Å². The number of amides is 1. The second kappa shape index (κ2) is 6.13. The van der Waals surface area contributed by atoms with Gasteiger partial charge in [-0.1, -0.05) is 0 Å². The molecule has 1 N–H and O–H groups in total. The summed E-state index contributed by atoms with van der Waals surface area (Å²) in [7, 11) is 1.54. The Kier molecular flexibility index (Phi) is 4.80. The fourth-order valence-corrected chi connectivity index (χ4v) is 1.25. The lowest BCUT2D eigenvalue weighted by Gasteiger charge is -2.19. The number of nitrogens with one attached hydrogen (secondary N) is 1. The predicted octanol–water partition coefficient (Wildman–Crippen LogP) is 1.80. The number of hydrogen-bond donors (Lipinski definition) is 1. The highest BCUT2D eigenvalue weighted by Gasteiger charge is 2.17. The van der Waals surface area contributed by atoms with Gasteiger partial charge in [0, 0.05) is 19.3 Å². The van der Waals surface area contributed by atoms with Crippen molar-refractivity contribution in [1.29, 1.82) is 0 Å². The third kappa shape index (κ3) is 5.33. The Labute approximate surface area is 112 Å². The summed E-state index contributed by atoms with van der Waals surface area (Å²) in [5.41, 5.74) is 0.381. The fraction of sp³-hybridized carbons (Fsp3) is 0.357. The zero-order valence-electron chi connectivity index (χ0n) is 11.6. The van der Waals surface area contributed by atoms with Crippen molar-refractivity contribution in [2.75, 3.05) is 7.05 Å². The van der Waals surface area contributed by atoms with Crippen molar-refractivity contribution in [3.05, 3.63) is 35.7 Å². The molecule has 0 aromatic carbocycles. The monoisotopic (exact) mass is 262 g/mol. The lowest BCUT2D eigenvalue weighted by atomic mass is 10.1. The maximum Gasteiger partial charge on any atom is 0.338 e. The van der Waals surface area contributed by atoms with Crippen molar-refractivity contribution >= 4 is 18.0 Å². The summed E-state index contributed by atoms with van der Waals surface area (Å²) >= 11 is 0. The van der Waals surface area contributed by atoms with Gasteiger partial charge in [-0.3, -0.25) is 9.78 Å². The second-order valence-electron chi connectivity index (χ2n) is 4.92. The van der Waals surface area contributed by atoms with E-state index in [1.165, 1.54) is 25.4 Å². The van der Waals surface area contributed by atoms with E-state index in [4.69, 9.17) is 4.74 Å². The minimum Gasteiger partial charge on any atom is -0.456 e. The van der Waals surface area contributed by atoms with E-state index in [0.29, 0.717) is 11.3 Å². The van der Waals surface area contributed by atoms with Gasteiger partial charge in [0.25, 0.3) is 0 Å². The second-order valence-corrected chi connectivity index (χ2v) is 4.92. The van der Waals surface area contributed by atoms with Crippen LogP contribution in [0.25, 0.3) is 6.08 Å². The van der Waals surface area contributed by atoms with E-state index in [2.05, 4.69) is 10.3 Å². The van der Waals surface area contributed by atoms with Crippen LogP contribution in [0.2, 0.25) is 0 Å². The van der Waals surface area contributed by atoms with Gasteiger partial charge in [0.15, 0.2) is 0 Å². The number of likely N-dealkylation sites (N-methyl/N-ethyl adjacent to an activating group) is 1. The molecule has 0 unspecified atom stereocenters. The predicted molar refractivity (Wildman–Crippen MR) is 72.5 cm³/mol. The molecule has 0 saturated carbocycles. The average Bonchev–Trinajstić information content (AvgIpc) is 2.34. The van der Waals surface area contributed by atoms with Crippen LogP contribution >= 0.6 is 0 Å². The van der Waals surface area contributed by atoms with Gasteiger partial charge in [-0.2, -0.15) is 0 Å². The first-order chi connectivity index (χ1) is 8.81. The standard InChI is InChI=1S/C14H18N2O3/c1-14(2,3)19-13(18)10-7-8-16-11(9-10)5-6-12(17)15-4/h5-9H,1-4H3,(H,15,17). The molecule has 0 saturated heterocycles. The Hall–Kier alpha value is -2.17. The Morgan fingerprint density at radius 1 is 1.37 bits per heavy atom. The van der Waals surface area contributed by atoms with Crippen molar-refractivity contribution < 1.29 is 14.3 Å². The molecule has 0 aliphatic heterocycles. The van der Waals surface area contributed by atoms with Gasteiger partial charge in [0.1, 0.15) is 5.60 Å². The third-order valence-corrected chi connectivity index (χ3v) is 2.07. The molecule has 0 aliphatic rings. The number of carbonyl (C=O) groups is 2. The molecule has 0 spiro atoms. The number of pyridine rings is 1. The number of carbonyl (C=O) groups excluding carboxylic acids is 2. The fourth-order valence-electron chi connectivity index (χ4n) is 1.25. The topological polar surface area (TPSA) is 68.3 Å². The zero-order chi connectivity index (χ0) is 14.5. The van der Waals surface area contributed by atoms with E-state index >= 15 is 0 Å². The largest absolute Gasteiger partial charge is 0.456 e.